The fraction of sp³-hybridized carbons (Fsp3) is 0.150. The molecule has 0 spiro atoms. The molecule has 2 aromatic carbocycles. The summed E-state index contributed by atoms with van der Waals surface area (Å²) in [5.41, 5.74) is 3.23. The molecular weight excluding hydrogens is 360 g/mol. The molecule has 0 aliphatic rings. The second kappa shape index (κ2) is 7.20. The molecular formula is C20H18N4O2S. The van der Waals surface area contributed by atoms with Gasteiger partial charge >= 0.3 is 0 Å². The third-order valence-corrected chi connectivity index (χ3v) is 5.01. The van der Waals surface area contributed by atoms with Crippen LogP contribution in [0.1, 0.15) is 16.1 Å². The zero-order chi connectivity index (χ0) is 18.8. The minimum atomic E-state index is 0.640. The maximum Gasteiger partial charge on any atom is 0.235 e. The fourth-order valence-electron chi connectivity index (χ4n) is 2.70. The highest BCUT2D eigenvalue weighted by atomic mass is 32.1. The number of aromatic nitrogens is 4. The Morgan fingerprint density at radius 3 is 2.44 bits per heavy atom. The molecule has 0 bridgehead atoms. The highest BCUT2D eigenvalue weighted by Gasteiger charge is 2.14. The molecule has 0 fully saturated rings. The van der Waals surface area contributed by atoms with Gasteiger partial charge in [0, 0.05) is 5.56 Å². The number of hydrogen-bond acceptors (Lipinski definition) is 6. The van der Waals surface area contributed by atoms with Crippen LogP contribution in [0.4, 0.5) is 0 Å². The van der Waals surface area contributed by atoms with E-state index < -0.39 is 0 Å². The van der Waals surface area contributed by atoms with Gasteiger partial charge in [-0.25, -0.2) is 0 Å². The minimum Gasteiger partial charge on any atom is -0.493 e. The quantitative estimate of drug-likeness (QED) is 0.517. The van der Waals surface area contributed by atoms with E-state index >= 15 is 0 Å². The summed E-state index contributed by atoms with van der Waals surface area (Å²) in [4.78, 5) is 0.739. The zero-order valence-electron chi connectivity index (χ0n) is 15.2. The second-order valence-corrected chi connectivity index (χ2v) is 6.96. The van der Waals surface area contributed by atoms with Crippen LogP contribution in [-0.2, 0) is 0 Å². The van der Waals surface area contributed by atoms with Gasteiger partial charge in [-0.1, -0.05) is 47.2 Å². The van der Waals surface area contributed by atoms with E-state index in [2.05, 4.69) is 46.5 Å². The van der Waals surface area contributed by atoms with Crippen molar-refractivity contribution in [1.29, 1.82) is 0 Å². The molecule has 0 unspecified atom stereocenters. The summed E-state index contributed by atoms with van der Waals surface area (Å²) in [6, 6.07) is 14.0. The van der Waals surface area contributed by atoms with Gasteiger partial charge in [0.1, 0.15) is 5.01 Å². The van der Waals surface area contributed by atoms with Crippen LogP contribution >= 0.6 is 11.3 Å². The largest absolute Gasteiger partial charge is 0.493 e. The lowest BCUT2D eigenvalue weighted by atomic mass is 10.1. The van der Waals surface area contributed by atoms with E-state index in [-0.39, 0.29) is 0 Å². The van der Waals surface area contributed by atoms with Crippen LogP contribution in [0, 0.1) is 6.92 Å². The van der Waals surface area contributed by atoms with Crippen molar-refractivity contribution in [2.24, 2.45) is 0 Å². The lowest BCUT2D eigenvalue weighted by Gasteiger charge is -2.08. The normalized spacial score (nSPS) is 11.4. The molecule has 0 amide bonds. The number of hydrogen-bond donors (Lipinski definition) is 0. The SMILES string of the molecule is COc1ccc(-c2nnc3sc(C=Cc4ccc(C)cc4)nn23)cc1OC. The first-order valence-electron chi connectivity index (χ1n) is 8.37. The van der Waals surface area contributed by atoms with Gasteiger partial charge in [-0.3, -0.25) is 0 Å². The maximum absolute atomic E-state index is 5.38. The van der Waals surface area contributed by atoms with Crippen molar-refractivity contribution < 1.29 is 9.47 Å². The van der Waals surface area contributed by atoms with Crippen LogP contribution in [0.25, 0.3) is 28.5 Å². The van der Waals surface area contributed by atoms with Gasteiger partial charge in [-0.05, 0) is 36.8 Å². The van der Waals surface area contributed by atoms with Crippen molar-refractivity contribution in [2.45, 2.75) is 6.92 Å². The molecule has 2 aromatic heterocycles. The maximum atomic E-state index is 5.38. The predicted molar refractivity (Wildman–Crippen MR) is 107 cm³/mol. The smallest absolute Gasteiger partial charge is 0.235 e. The monoisotopic (exact) mass is 378 g/mol. The van der Waals surface area contributed by atoms with Crippen molar-refractivity contribution in [3.63, 3.8) is 0 Å². The van der Waals surface area contributed by atoms with Crippen LogP contribution < -0.4 is 9.47 Å². The number of nitrogens with zero attached hydrogens (tertiary/aromatic N) is 4. The summed E-state index contributed by atoms with van der Waals surface area (Å²) in [5, 5.41) is 14.0. The summed E-state index contributed by atoms with van der Waals surface area (Å²) in [7, 11) is 3.22. The summed E-state index contributed by atoms with van der Waals surface area (Å²) >= 11 is 1.49. The van der Waals surface area contributed by atoms with Crippen LogP contribution in [0.15, 0.2) is 42.5 Å². The third kappa shape index (κ3) is 3.41. The molecule has 4 rings (SSSR count). The molecule has 0 N–H and O–H groups in total. The van der Waals surface area contributed by atoms with Gasteiger partial charge in [0.15, 0.2) is 17.3 Å². The van der Waals surface area contributed by atoms with E-state index in [0.717, 1.165) is 21.1 Å². The molecule has 7 heteroatoms. The zero-order valence-corrected chi connectivity index (χ0v) is 16.0. The minimum absolute atomic E-state index is 0.640. The van der Waals surface area contributed by atoms with Crippen LogP contribution in [0.2, 0.25) is 0 Å². The topological polar surface area (TPSA) is 61.5 Å². The molecule has 136 valence electrons. The van der Waals surface area contributed by atoms with Gasteiger partial charge in [0.2, 0.25) is 4.96 Å². The molecule has 0 aliphatic carbocycles. The Hall–Kier alpha value is -3.19. The van der Waals surface area contributed by atoms with Gasteiger partial charge in [-0.15, -0.1) is 10.2 Å². The van der Waals surface area contributed by atoms with Gasteiger partial charge in [-0.2, -0.15) is 9.61 Å². The molecule has 0 radical (unpaired) electrons. The standard InChI is InChI=1S/C20H18N4O2S/c1-13-4-6-14(7-5-13)8-11-18-23-24-19(21-22-20(24)27-18)15-9-10-16(25-2)17(12-15)26-3/h4-12H,1-3H3. The van der Waals surface area contributed by atoms with Crippen LogP contribution in [-0.4, -0.2) is 34.0 Å². The number of fused-ring (bicyclic) bond motifs is 1. The summed E-state index contributed by atoms with van der Waals surface area (Å²) in [5.74, 6) is 1.97. The van der Waals surface area contributed by atoms with Crippen LogP contribution in [0.5, 0.6) is 11.5 Å². The van der Waals surface area contributed by atoms with E-state index in [1.54, 1.807) is 18.7 Å². The summed E-state index contributed by atoms with van der Waals surface area (Å²) in [6.45, 7) is 2.08. The number of rotatable bonds is 5. The first-order chi connectivity index (χ1) is 13.2. The Morgan fingerprint density at radius 1 is 0.926 bits per heavy atom. The van der Waals surface area contributed by atoms with E-state index in [9.17, 15) is 0 Å². The number of ether oxygens (including phenoxy) is 2. The lowest BCUT2D eigenvalue weighted by Crippen LogP contribution is -1.94. The van der Waals surface area contributed by atoms with Crippen molar-refractivity contribution in [3.8, 4) is 22.9 Å². The first kappa shape index (κ1) is 17.2. The average Bonchev–Trinajstić information content (AvgIpc) is 3.27. The first-order valence-corrected chi connectivity index (χ1v) is 9.19. The second-order valence-electron chi connectivity index (χ2n) is 5.97. The van der Waals surface area contributed by atoms with Crippen molar-refractivity contribution in [3.05, 3.63) is 58.6 Å². The van der Waals surface area contributed by atoms with Gasteiger partial charge < -0.3 is 9.47 Å². The fourth-order valence-corrected chi connectivity index (χ4v) is 3.44. The van der Waals surface area contributed by atoms with Gasteiger partial charge in [0.05, 0.1) is 14.2 Å². The van der Waals surface area contributed by atoms with E-state index in [4.69, 9.17) is 9.47 Å². The highest BCUT2D eigenvalue weighted by molar-refractivity contribution is 7.17. The number of aryl methyl sites for hydroxylation is 1. The number of benzene rings is 2. The Labute approximate surface area is 160 Å². The van der Waals surface area contributed by atoms with Crippen molar-refractivity contribution in [1.82, 2.24) is 19.8 Å². The lowest BCUT2D eigenvalue weighted by molar-refractivity contribution is 0.355. The molecule has 4 aromatic rings. The van der Waals surface area contributed by atoms with E-state index in [0.29, 0.717) is 17.3 Å². The Kier molecular flexibility index (Phi) is 4.60. The Balaban J connectivity index is 1.67. The third-order valence-electron chi connectivity index (χ3n) is 4.14. The van der Waals surface area contributed by atoms with Crippen LogP contribution in [0.3, 0.4) is 0 Å². The molecule has 0 saturated heterocycles. The molecule has 27 heavy (non-hydrogen) atoms. The van der Waals surface area contributed by atoms with Gasteiger partial charge in [0.25, 0.3) is 0 Å². The highest BCUT2D eigenvalue weighted by Crippen LogP contribution is 2.32. The Bertz CT molecular complexity index is 1110. The Morgan fingerprint density at radius 2 is 1.70 bits per heavy atom. The molecule has 0 saturated carbocycles. The molecule has 6 nitrogen and oxygen atoms in total. The van der Waals surface area contributed by atoms with E-state index in [1.165, 1.54) is 16.9 Å². The summed E-state index contributed by atoms with van der Waals surface area (Å²) < 4.78 is 12.4. The number of methoxy groups -OCH3 is 2. The van der Waals surface area contributed by atoms with Crippen molar-refractivity contribution >= 4 is 28.4 Å². The molecule has 2 heterocycles. The predicted octanol–water partition coefficient (Wildman–Crippen LogP) is 4.35. The van der Waals surface area contributed by atoms with E-state index in [1.807, 2.05) is 30.4 Å². The summed E-state index contributed by atoms with van der Waals surface area (Å²) in [6.07, 6.45) is 4.03. The van der Waals surface area contributed by atoms with Crippen molar-refractivity contribution in [2.75, 3.05) is 14.2 Å². The molecule has 0 aliphatic heterocycles. The average molecular weight is 378 g/mol. The molecule has 0 atom stereocenters.